The molecule has 4 heteroatoms. The molecule has 0 unspecified atom stereocenters. The lowest BCUT2D eigenvalue weighted by Crippen LogP contribution is -2.40. The van der Waals surface area contributed by atoms with Crippen LogP contribution in [-0.4, -0.2) is 15.3 Å². The van der Waals surface area contributed by atoms with E-state index < -0.39 is 0 Å². The molecule has 1 fully saturated rings. The Morgan fingerprint density at radius 1 is 1.03 bits per heavy atom. The van der Waals surface area contributed by atoms with Crippen LogP contribution in [0.1, 0.15) is 49.3 Å². The Kier molecular flexibility index (Phi) is 4.83. The van der Waals surface area contributed by atoms with Crippen molar-refractivity contribution in [2.24, 2.45) is 0 Å². The van der Waals surface area contributed by atoms with E-state index in [0.29, 0.717) is 6.54 Å². The van der Waals surface area contributed by atoms with Crippen LogP contribution >= 0.6 is 11.8 Å². The van der Waals surface area contributed by atoms with E-state index in [1.165, 1.54) is 18.4 Å². The van der Waals surface area contributed by atoms with Crippen molar-refractivity contribution < 1.29 is 0 Å². The second kappa shape index (κ2) is 7.49. The molecule has 0 saturated heterocycles. The summed E-state index contributed by atoms with van der Waals surface area (Å²) in [5.74, 6) is 0.896. The number of nitrogens with zero attached hydrogens (tertiary/aromatic N) is 2. The summed E-state index contributed by atoms with van der Waals surface area (Å²) in [6, 6.07) is 18.8. The minimum atomic E-state index is -0.0401. The van der Waals surface area contributed by atoms with Gasteiger partial charge in [-0.05, 0) is 36.1 Å². The first kappa shape index (κ1) is 18.7. The normalized spacial score (nSPS) is 16.6. The zero-order valence-electron chi connectivity index (χ0n) is 16.9. The van der Waals surface area contributed by atoms with E-state index in [1.807, 2.05) is 22.8 Å². The first-order valence-electron chi connectivity index (χ1n) is 10.6. The molecule has 0 N–H and O–H groups in total. The lowest BCUT2D eigenvalue weighted by molar-refractivity contribution is 0.417. The molecule has 5 rings (SSSR count). The Bertz CT molecular complexity index is 1100. The van der Waals surface area contributed by atoms with Crippen LogP contribution in [-0.2, 0) is 18.4 Å². The van der Waals surface area contributed by atoms with Crippen molar-refractivity contribution in [3.8, 4) is 11.3 Å². The van der Waals surface area contributed by atoms with Gasteiger partial charge in [-0.3, -0.25) is 9.36 Å². The lowest BCUT2D eigenvalue weighted by atomic mass is 9.68. The topological polar surface area (TPSA) is 34.9 Å². The SMILES string of the molecule is CCSc1nc2c(c(=O)n1Cc1ccccc1)C1(CCCC1)Cc1ccccc1-2. The van der Waals surface area contributed by atoms with Crippen LogP contribution < -0.4 is 5.56 Å². The minimum Gasteiger partial charge on any atom is -0.283 e. The third-order valence-electron chi connectivity index (χ3n) is 6.48. The molecule has 2 aliphatic carbocycles. The van der Waals surface area contributed by atoms with Gasteiger partial charge >= 0.3 is 0 Å². The number of aromatic nitrogens is 2. The molecule has 148 valence electrons. The molecule has 0 aliphatic heterocycles. The predicted molar refractivity (Wildman–Crippen MR) is 120 cm³/mol. The summed E-state index contributed by atoms with van der Waals surface area (Å²) in [6.07, 6.45) is 5.56. The van der Waals surface area contributed by atoms with Crippen LogP contribution in [0, 0.1) is 0 Å². The number of hydrogen-bond acceptors (Lipinski definition) is 3. The zero-order valence-corrected chi connectivity index (χ0v) is 17.7. The van der Waals surface area contributed by atoms with E-state index in [1.54, 1.807) is 11.8 Å². The number of hydrogen-bond donors (Lipinski definition) is 0. The van der Waals surface area contributed by atoms with Crippen LogP contribution in [0.25, 0.3) is 11.3 Å². The van der Waals surface area contributed by atoms with Gasteiger partial charge in [-0.15, -0.1) is 0 Å². The second-order valence-electron chi connectivity index (χ2n) is 8.25. The first-order valence-corrected chi connectivity index (χ1v) is 11.6. The van der Waals surface area contributed by atoms with Gasteiger partial charge in [0, 0.05) is 11.0 Å². The summed E-state index contributed by atoms with van der Waals surface area (Å²) in [5, 5.41) is 0.838. The monoisotopic (exact) mass is 402 g/mol. The van der Waals surface area contributed by atoms with Crippen molar-refractivity contribution in [3.05, 3.63) is 81.6 Å². The van der Waals surface area contributed by atoms with Crippen molar-refractivity contribution in [2.45, 2.75) is 56.1 Å². The fraction of sp³-hybridized carbons (Fsp3) is 0.360. The van der Waals surface area contributed by atoms with Gasteiger partial charge in [-0.1, -0.05) is 86.1 Å². The maximum absolute atomic E-state index is 14.0. The predicted octanol–water partition coefficient (Wildman–Crippen LogP) is 5.44. The van der Waals surface area contributed by atoms with Gasteiger partial charge in [-0.2, -0.15) is 0 Å². The summed E-state index contributed by atoms with van der Waals surface area (Å²) < 4.78 is 1.93. The van der Waals surface area contributed by atoms with Crippen LogP contribution in [0.2, 0.25) is 0 Å². The molecule has 0 radical (unpaired) electrons. The average Bonchev–Trinajstić information content (AvgIpc) is 3.20. The first-order chi connectivity index (χ1) is 14.2. The maximum Gasteiger partial charge on any atom is 0.258 e. The number of thioether (sulfide) groups is 1. The third kappa shape index (κ3) is 3.14. The molecule has 1 aromatic heterocycles. The van der Waals surface area contributed by atoms with Gasteiger partial charge in [0.1, 0.15) is 0 Å². The van der Waals surface area contributed by atoms with E-state index in [2.05, 4.69) is 43.3 Å². The Hall–Kier alpha value is -2.33. The Balaban J connectivity index is 1.76. The van der Waals surface area contributed by atoms with Crippen molar-refractivity contribution in [1.82, 2.24) is 9.55 Å². The quantitative estimate of drug-likeness (QED) is 0.431. The summed E-state index contributed by atoms with van der Waals surface area (Å²) in [6.45, 7) is 2.70. The molecule has 1 heterocycles. The molecular formula is C25H26N2OS. The molecule has 3 aromatic rings. The molecule has 1 spiro atoms. The average molecular weight is 403 g/mol. The second-order valence-corrected chi connectivity index (χ2v) is 9.48. The molecule has 2 aromatic carbocycles. The standard InChI is InChI=1S/C25H26N2OS/c1-2-29-24-26-22-20-13-7-6-12-19(20)16-25(14-8-9-15-25)21(22)23(28)27(24)17-18-10-4-3-5-11-18/h3-7,10-13H,2,8-9,14-17H2,1H3. The highest BCUT2D eigenvalue weighted by Crippen LogP contribution is 2.49. The molecule has 0 atom stereocenters. The van der Waals surface area contributed by atoms with Gasteiger partial charge in [0.25, 0.3) is 5.56 Å². The number of rotatable bonds is 4. The number of benzene rings is 2. The highest BCUT2D eigenvalue weighted by Gasteiger charge is 2.44. The summed E-state index contributed by atoms with van der Waals surface area (Å²) in [4.78, 5) is 19.1. The van der Waals surface area contributed by atoms with Crippen LogP contribution in [0.3, 0.4) is 0 Å². The fourth-order valence-electron chi connectivity index (χ4n) is 5.19. The summed E-state index contributed by atoms with van der Waals surface area (Å²) in [5.41, 5.74) is 5.70. The van der Waals surface area contributed by atoms with Crippen molar-refractivity contribution in [2.75, 3.05) is 5.75 Å². The van der Waals surface area contributed by atoms with Gasteiger partial charge in [-0.25, -0.2) is 4.98 Å². The summed E-state index contributed by atoms with van der Waals surface area (Å²) >= 11 is 1.67. The highest BCUT2D eigenvalue weighted by atomic mass is 32.2. The largest absolute Gasteiger partial charge is 0.283 e. The maximum atomic E-state index is 14.0. The highest BCUT2D eigenvalue weighted by molar-refractivity contribution is 7.99. The fourth-order valence-corrected chi connectivity index (χ4v) is 5.91. The van der Waals surface area contributed by atoms with Gasteiger partial charge in [0.15, 0.2) is 5.16 Å². The van der Waals surface area contributed by atoms with E-state index in [9.17, 15) is 4.79 Å². The van der Waals surface area contributed by atoms with Crippen LogP contribution in [0.4, 0.5) is 0 Å². The van der Waals surface area contributed by atoms with E-state index in [0.717, 1.165) is 52.6 Å². The minimum absolute atomic E-state index is 0.0401. The van der Waals surface area contributed by atoms with Gasteiger partial charge in [0.2, 0.25) is 0 Å². The molecule has 29 heavy (non-hydrogen) atoms. The van der Waals surface area contributed by atoms with E-state index in [-0.39, 0.29) is 11.0 Å². The van der Waals surface area contributed by atoms with Crippen molar-refractivity contribution in [1.29, 1.82) is 0 Å². The zero-order chi connectivity index (χ0) is 19.8. The van der Waals surface area contributed by atoms with Crippen molar-refractivity contribution in [3.63, 3.8) is 0 Å². The van der Waals surface area contributed by atoms with E-state index in [4.69, 9.17) is 4.98 Å². The number of fused-ring (bicyclic) bond motifs is 4. The van der Waals surface area contributed by atoms with Crippen LogP contribution in [0.5, 0.6) is 0 Å². The molecule has 0 bridgehead atoms. The van der Waals surface area contributed by atoms with Crippen LogP contribution in [0.15, 0.2) is 64.5 Å². The Labute approximate surface area is 176 Å². The van der Waals surface area contributed by atoms with Crippen molar-refractivity contribution >= 4 is 11.8 Å². The van der Waals surface area contributed by atoms with E-state index >= 15 is 0 Å². The van der Waals surface area contributed by atoms with Gasteiger partial charge in [0.05, 0.1) is 17.8 Å². The Morgan fingerprint density at radius 3 is 2.52 bits per heavy atom. The smallest absolute Gasteiger partial charge is 0.258 e. The Morgan fingerprint density at radius 2 is 1.76 bits per heavy atom. The molecular weight excluding hydrogens is 376 g/mol. The third-order valence-corrected chi connectivity index (χ3v) is 7.34. The molecule has 3 nitrogen and oxygen atoms in total. The lowest BCUT2D eigenvalue weighted by Gasteiger charge is -2.36. The van der Waals surface area contributed by atoms with Gasteiger partial charge < -0.3 is 0 Å². The molecule has 2 aliphatic rings. The summed E-state index contributed by atoms with van der Waals surface area (Å²) in [7, 11) is 0. The molecule has 1 saturated carbocycles. The molecule has 0 amide bonds.